The molecule has 66 valence electrons. The van der Waals surface area contributed by atoms with E-state index in [1.54, 1.807) is 0 Å². The maximum absolute atomic E-state index is 8.63. The Morgan fingerprint density at radius 3 is 2.45 bits per heavy atom. The van der Waals surface area contributed by atoms with E-state index in [9.17, 15) is 0 Å². The lowest BCUT2D eigenvalue weighted by atomic mass is 10.0. The van der Waals surface area contributed by atoms with Gasteiger partial charge in [0.15, 0.2) is 0 Å². The van der Waals surface area contributed by atoms with Crippen LogP contribution in [0.25, 0.3) is 0 Å². The minimum absolute atomic E-state index is 0.329. The zero-order valence-corrected chi connectivity index (χ0v) is 7.93. The Morgan fingerprint density at radius 2 is 2.00 bits per heavy atom. The number of rotatable bonds is 5. The highest BCUT2D eigenvalue weighted by Gasteiger charge is 1.98. The number of hydrogen-bond donors (Lipinski definition) is 1. The van der Waals surface area contributed by atoms with Crippen LogP contribution in [0.15, 0.2) is 11.6 Å². The highest BCUT2D eigenvalue weighted by atomic mass is 16.2. The van der Waals surface area contributed by atoms with Gasteiger partial charge in [0.05, 0.1) is 0 Å². The molecular formula is C10H20O. The van der Waals surface area contributed by atoms with Gasteiger partial charge in [-0.25, -0.2) is 0 Å². The van der Waals surface area contributed by atoms with Crippen LogP contribution in [-0.4, -0.2) is 11.7 Å². The van der Waals surface area contributed by atoms with Crippen LogP contribution in [0.5, 0.6) is 0 Å². The van der Waals surface area contributed by atoms with Crippen molar-refractivity contribution in [3.8, 4) is 0 Å². The SMILES string of the molecule is CC(C)=CCC[C@H](C)CCO. The second kappa shape index (κ2) is 6.41. The largest absolute Gasteiger partial charge is 0.396 e. The van der Waals surface area contributed by atoms with Gasteiger partial charge in [-0.3, -0.25) is 0 Å². The van der Waals surface area contributed by atoms with E-state index in [0.29, 0.717) is 12.5 Å². The average molecular weight is 156 g/mol. The Bertz CT molecular complexity index is 112. The van der Waals surface area contributed by atoms with E-state index >= 15 is 0 Å². The molecule has 0 aliphatic carbocycles. The Kier molecular flexibility index (Phi) is 6.24. The van der Waals surface area contributed by atoms with E-state index in [2.05, 4.69) is 26.8 Å². The van der Waals surface area contributed by atoms with Gasteiger partial charge in [-0.15, -0.1) is 0 Å². The second-order valence-corrected chi connectivity index (χ2v) is 3.48. The number of aliphatic hydroxyl groups excluding tert-OH is 1. The molecule has 0 heterocycles. The van der Waals surface area contributed by atoms with E-state index in [1.807, 2.05) is 0 Å². The standard InChI is InChI=1S/C10H20O/c1-9(2)5-4-6-10(3)7-8-11/h5,10-11H,4,6-8H2,1-3H3/t10-/m0/s1. The fourth-order valence-electron chi connectivity index (χ4n) is 1.02. The van der Waals surface area contributed by atoms with E-state index in [0.717, 1.165) is 12.8 Å². The van der Waals surface area contributed by atoms with Crippen LogP contribution >= 0.6 is 0 Å². The van der Waals surface area contributed by atoms with Crippen molar-refractivity contribution in [2.75, 3.05) is 6.61 Å². The highest BCUT2D eigenvalue weighted by Crippen LogP contribution is 2.10. The van der Waals surface area contributed by atoms with Crippen LogP contribution in [-0.2, 0) is 0 Å². The Labute approximate surface area is 70.1 Å². The maximum atomic E-state index is 8.63. The fraction of sp³-hybridized carbons (Fsp3) is 0.800. The Hall–Kier alpha value is -0.300. The lowest BCUT2D eigenvalue weighted by Crippen LogP contribution is -1.96. The third-order valence-electron chi connectivity index (χ3n) is 1.83. The lowest BCUT2D eigenvalue weighted by Gasteiger charge is -2.06. The molecule has 0 fully saturated rings. The minimum Gasteiger partial charge on any atom is -0.396 e. The molecule has 0 spiro atoms. The molecule has 0 aliphatic heterocycles. The van der Waals surface area contributed by atoms with Crippen molar-refractivity contribution >= 4 is 0 Å². The van der Waals surface area contributed by atoms with Gasteiger partial charge in [0, 0.05) is 6.61 Å². The van der Waals surface area contributed by atoms with Crippen molar-refractivity contribution in [2.24, 2.45) is 5.92 Å². The second-order valence-electron chi connectivity index (χ2n) is 3.48. The van der Waals surface area contributed by atoms with Crippen molar-refractivity contribution in [3.63, 3.8) is 0 Å². The van der Waals surface area contributed by atoms with Gasteiger partial charge in [-0.1, -0.05) is 18.6 Å². The summed E-state index contributed by atoms with van der Waals surface area (Å²) in [5, 5.41) is 8.63. The molecular weight excluding hydrogens is 136 g/mol. The third-order valence-corrected chi connectivity index (χ3v) is 1.83. The molecule has 0 amide bonds. The van der Waals surface area contributed by atoms with E-state index < -0.39 is 0 Å². The summed E-state index contributed by atoms with van der Waals surface area (Å²) in [6.45, 7) is 6.76. The minimum atomic E-state index is 0.329. The zero-order valence-electron chi connectivity index (χ0n) is 7.93. The summed E-state index contributed by atoms with van der Waals surface area (Å²) < 4.78 is 0. The molecule has 0 radical (unpaired) electrons. The predicted molar refractivity (Wildman–Crippen MR) is 49.5 cm³/mol. The summed E-state index contributed by atoms with van der Waals surface area (Å²) in [5.74, 6) is 0.663. The Morgan fingerprint density at radius 1 is 1.36 bits per heavy atom. The highest BCUT2D eigenvalue weighted by molar-refractivity contribution is 4.92. The van der Waals surface area contributed by atoms with Crippen molar-refractivity contribution < 1.29 is 5.11 Å². The molecule has 0 saturated heterocycles. The summed E-state index contributed by atoms with van der Waals surface area (Å²) in [6, 6.07) is 0. The molecule has 1 atom stereocenters. The van der Waals surface area contributed by atoms with E-state index in [-0.39, 0.29) is 0 Å². The van der Waals surface area contributed by atoms with E-state index in [1.165, 1.54) is 12.0 Å². The lowest BCUT2D eigenvalue weighted by molar-refractivity contribution is 0.259. The van der Waals surface area contributed by atoms with Crippen LogP contribution in [0, 0.1) is 5.92 Å². The van der Waals surface area contributed by atoms with E-state index in [4.69, 9.17) is 5.11 Å². The average Bonchev–Trinajstić information content (AvgIpc) is 1.87. The van der Waals surface area contributed by atoms with Crippen molar-refractivity contribution in [2.45, 2.75) is 40.0 Å². The molecule has 0 unspecified atom stereocenters. The third kappa shape index (κ3) is 7.60. The van der Waals surface area contributed by atoms with Gasteiger partial charge >= 0.3 is 0 Å². The molecule has 0 aromatic heterocycles. The topological polar surface area (TPSA) is 20.2 Å². The van der Waals surface area contributed by atoms with Crippen LogP contribution in [0.1, 0.15) is 40.0 Å². The molecule has 1 nitrogen and oxygen atoms in total. The number of allylic oxidation sites excluding steroid dienone is 2. The molecule has 11 heavy (non-hydrogen) atoms. The first kappa shape index (κ1) is 10.7. The normalized spacial score (nSPS) is 12.7. The Balaban J connectivity index is 3.31. The quantitative estimate of drug-likeness (QED) is 0.607. The van der Waals surface area contributed by atoms with Crippen LogP contribution in [0.3, 0.4) is 0 Å². The van der Waals surface area contributed by atoms with Crippen LogP contribution in [0.4, 0.5) is 0 Å². The van der Waals surface area contributed by atoms with Crippen molar-refractivity contribution in [3.05, 3.63) is 11.6 Å². The summed E-state index contributed by atoms with van der Waals surface area (Å²) in [5.41, 5.74) is 1.39. The molecule has 0 aliphatic rings. The molecule has 0 aromatic rings. The smallest absolute Gasteiger partial charge is 0.0433 e. The van der Waals surface area contributed by atoms with Gasteiger partial charge < -0.3 is 5.11 Å². The first-order valence-corrected chi connectivity index (χ1v) is 4.41. The summed E-state index contributed by atoms with van der Waals surface area (Å²) in [4.78, 5) is 0. The fourth-order valence-corrected chi connectivity index (χ4v) is 1.02. The van der Waals surface area contributed by atoms with Crippen molar-refractivity contribution in [1.82, 2.24) is 0 Å². The van der Waals surface area contributed by atoms with Gasteiger partial charge in [0.2, 0.25) is 0 Å². The van der Waals surface area contributed by atoms with Gasteiger partial charge in [-0.05, 0) is 39.0 Å². The molecule has 0 aromatic carbocycles. The maximum Gasteiger partial charge on any atom is 0.0433 e. The van der Waals surface area contributed by atoms with Gasteiger partial charge in [-0.2, -0.15) is 0 Å². The molecule has 1 N–H and O–H groups in total. The van der Waals surface area contributed by atoms with Crippen LogP contribution in [0.2, 0.25) is 0 Å². The first-order chi connectivity index (χ1) is 5.16. The number of aliphatic hydroxyl groups is 1. The zero-order chi connectivity index (χ0) is 8.69. The summed E-state index contributed by atoms with van der Waals surface area (Å²) in [6.07, 6.45) is 5.56. The molecule has 0 saturated carbocycles. The predicted octanol–water partition coefficient (Wildman–Crippen LogP) is 2.75. The first-order valence-electron chi connectivity index (χ1n) is 4.41. The number of hydrogen-bond acceptors (Lipinski definition) is 1. The molecule has 0 rings (SSSR count). The van der Waals surface area contributed by atoms with Crippen LogP contribution < -0.4 is 0 Å². The monoisotopic (exact) mass is 156 g/mol. The molecule has 0 bridgehead atoms. The molecule has 1 heteroatoms. The van der Waals surface area contributed by atoms with Gasteiger partial charge in [0.25, 0.3) is 0 Å². The van der Waals surface area contributed by atoms with Gasteiger partial charge in [0.1, 0.15) is 0 Å². The van der Waals surface area contributed by atoms with Crippen molar-refractivity contribution in [1.29, 1.82) is 0 Å². The summed E-state index contributed by atoms with van der Waals surface area (Å²) >= 11 is 0. The summed E-state index contributed by atoms with van der Waals surface area (Å²) in [7, 11) is 0.